The highest BCUT2D eigenvalue weighted by Gasteiger charge is 2.06. The van der Waals surface area contributed by atoms with E-state index in [-0.39, 0.29) is 0 Å². The largest absolute Gasteiger partial charge is 0.246 e. The molecule has 0 amide bonds. The van der Waals surface area contributed by atoms with Crippen LogP contribution >= 0.6 is 0 Å². The van der Waals surface area contributed by atoms with Gasteiger partial charge in [-0.2, -0.15) is 0 Å². The van der Waals surface area contributed by atoms with Crippen molar-refractivity contribution in [1.29, 1.82) is 0 Å². The summed E-state index contributed by atoms with van der Waals surface area (Å²) in [5, 5.41) is 2.33. The van der Waals surface area contributed by atoms with Gasteiger partial charge in [0.25, 0.3) is 0 Å². The molecule has 0 radical (unpaired) electrons. The van der Waals surface area contributed by atoms with Crippen LogP contribution in [-0.2, 0) is 0 Å². The number of para-hydroxylation sites is 2. The Labute approximate surface area is 129 Å². The monoisotopic (exact) mass is 284 g/mol. The number of hydrogen-bond donors (Lipinski definition) is 0. The molecule has 2 aromatic heterocycles. The minimum atomic E-state index is 0.923. The fourth-order valence-electron chi connectivity index (χ4n) is 2.88. The van der Waals surface area contributed by atoms with Gasteiger partial charge in [-0.3, -0.25) is 0 Å². The molecule has 2 nitrogen and oxygen atoms in total. The number of benzene rings is 2. The molecule has 0 aliphatic rings. The summed E-state index contributed by atoms with van der Waals surface area (Å²) in [6.07, 6.45) is 0. The summed E-state index contributed by atoms with van der Waals surface area (Å²) in [4.78, 5) is 9.64. The summed E-state index contributed by atoms with van der Waals surface area (Å²) in [5.41, 5.74) is 6.32. The third-order valence-corrected chi connectivity index (χ3v) is 4.11. The fourth-order valence-corrected chi connectivity index (χ4v) is 2.88. The number of hydrogen-bond acceptors (Lipinski definition) is 2. The molecule has 0 aliphatic heterocycles. The maximum atomic E-state index is 4.82. The van der Waals surface area contributed by atoms with Gasteiger partial charge in [0, 0.05) is 10.8 Å². The summed E-state index contributed by atoms with van der Waals surface area (Å²) in [6, 6.07) is 20.8. The van der Waals surface area contributed by atoms with Crippen molar-refractivity contribution in [3.63, 3.8) is 0 Å². The van der Waals surface area contributed by atoms with Crippen molar-refractivity contribution in [2.24, 2.45) is 0 Å². The molecule has 0 bridgehead atoms. The number of pyridine rings is 2. The van der Waals surface area contributed by atoms with Crippen LogP contribution in [0.15, 0.2) is 60.7 Å². The predicted octanol–water partition coefficient (Wildman–Crippen LogP) is 5.07. The predicted molar refractivity (Wildman–Crippen MR) is 92.0 cm³/mol. The van der Waals surface area contributed by atoms with Gasteiger partial charge < -0.3 is 0 Å². The molecular formula is C20H16N2. The molecule has 2 heteroatoms. The second kappa shape index (κ2) is 4.92. The van der Waals surface area contributed by atoms with Gasteiger partial charge in [-0.1, -0.05) is 48.5 Å². The van der Waals surface area contributed by atoms with Gasteiger partial charge in [-0.25, -0.2) is 9.97 Å². The maximum Gasteiger partial charge on any atom is 0.0894 e. The van der Waals surface area contributed by atoms with Crippen molar-refractivity contribution in [1.82, 2.24) is 9.97 Å². The normalized spacial score (nSPS) is 11.2. The Morgan fingerprint density at radius 1 is 0.545 bits per heavy atom. The summed E-state index contributed by atoms with van der Waals surface area (Å²) in [7, 11) is 0. The van der Waals surface area contributed by atoms with E-state index in [1.54, 1.807) is 0 Å². The second-order valence-electron chi connectivity index (χ2n) is 5.69. The van der Waals surface area contributed by atoms with Gasteiger partial charge in [0.1, 0.15) is 0 Å². The third kappa shape index (κ3) is 2.04. The first-order chi connectivity index (χ1) is 10.7. The minimum Gasteiger partial charge on any atom is -0.246 e. The lowest BCUT2D eigenvalue weighted by Crippen LogP contribution is -1.92. The Balaban J connectivity index is 1.95. The van der Waals surface area contributed by atoms with Crippen LogP contribution in [0.25, 0.3) is 33.2 Å². The molecule has 106 valence electrons. The molecule has 0 atom stereocenters. The maximum absolute atomic E-state index is 4.82. The van der Waals surface area contributed by atoms with Gasteiger partial charge in [0.2, 0.25) is 0 Å². The first-order valence-electron chi connectivity index (χ1n) is 7.45. The highest BCUT2D eigenvalue weighted by atomic mass is 14.8. The smallest absolute Gasteiger partial charge is 0.0894 e. The first kappa shape index (κ1) is 13.0. The number of fused-ring (bicyclic) bond motifs is 2. The standard InChI is InChI=1S/C20H16N2/c1-13-5-3-7-15-9-11-17(21-19(13)15)18-12-10-16-8-4-6-14(2)20(16)22-18/h3-12H,1-2H3. The van der Waals surface area contributed by atoms with Gasteiger partial charge >= 0.3 is 0 Å². The minimum absolute atomic E-state index is 0.923. The average molecular weight is 284 g/mol. The number of aryl methyl sites for hydroxylation is 2. The van der Waals surface area contributed by atoms with Gasteiger partial charge in [0.15, 0.2) is 0 Å². The Kier molecular flexibility index (Phi) is 2.90. The van der Waals surface area contributed by atoms with Crippen molar-refractivity contribution in [3.8, 4) is 11.4 Å². The molecule has 0 fully saturated rings. The van der Waals surface area contributed by atoms with Crippen molar-refractivity contribution >= 4 is 21.8 Å². The fraction of sp³-hybridized carbons (Fsp3) is 0.100. The van der Waals surface area contributed by atoms with E-state index in [0.717, 1.165) is 22.4 Å². The summed E-state index contributed by atoms with van der Waals surface area (Å²) in [5.74, 6) is 0. The lowest BCUT2D eigenvalue weighted by molar-refractivity contribution is 1.29. The Bertz CT molecular complexity index is 920. The molecule has 4 aromatic rings. The van der Waals surface area contributed by atoms with Crippen LogP contribution < -0.4 is 0 Å². The van der Waals surface area contributed by atoms with Crippen LogP contribution in [0.4, 0.5) is 0 Å². The van der Waals surface area contributed by atoms with E-state index >= 15 is 0 Å². The molecular weight excluding hydrogens is 268 g/mol. The van der Waals surface area contributed by atoms with Crippen LogP contribution in [0, 0.1) is 13.8 Å². The molecule has 0 N–H and O–H groups in total. The molecule has 2 heterocycles. The van der Waals surface area contributed by atoms with E-state index in [9.17, 15) is 0 Å². The molecule has 2 aromatic carbocycles. The van der Waals surface area contributed by atoms with E-state index in [1.807, 2.05) is 12.1 Å². The lowest BCUT2D eigenvalue weighted by Gasteiger charge is -2.07. The molecule has 22 heavy (non-hydrogen) atoms. The van der Waals surface area contributed by atoms with Crippen LogP contribution in [0.1, 0.15) is 11.1 Å². The third-order valence-electron chi connectivity index (χ3n) is 4.11. The molecule has 0 saturated carbocycles. The Hall–Kier alpha value is -2.74. The zero-order valence-corrected chi connectivity index (χ0v) is 12.7. The Morgan fingerprint density at radius 2 is 1.00 bits per heavy atom. The first-order valence-corrected chi connectivity index (χ1v) is 7.45. The van der Waals surface area contributed by atoms with E-state index < -0.39 is 0 Å². The van der Waals surface area contributed by atoms with Crippen molar-refractivity contribution < 1.29 is 0 Å². The SMILES string of the molecule is Cc1cccc2ccc(-c3ccc4cccc(C)c4n3)nc12. The van der Waals surface area contributed by atoms with E-state index in [1.165, 1.54) is 21.9 Å². The molecule has 0 spiro atoms. The summed E-state index contributed by atoms with van der Waals surface area (Å²) in [6.45, 7) is 4.19. The van der Waals surface area contributed by atoms with E-state index in [2.05, 4.69) is 62.4 Å². The quantitative estimate of drug-likeness (QED) is 0.488. The van der Waals surface area contributed by atoms with Gasteiger partial charge in [-0.05, 0) is 37.1 Å². The number of aromatic nitrogens is 2. The van der Waals surface area contributed by atoms with Gasteiger partial charge in [-0.15, -0.1) is 0 Å². The van der Waals surface area contributed by atoms with Crippen molar-refractivity contribution in [2.75, 3.05) is 0 Å². The van der Waals surface area contributed by atoms with E-state index in [0.29, 0.717) is 0 Å². The Morgan fingerprint density at radius 3 is 1.45 bits per heavy atom. The topological polar surface area (TPSA) is 25.8 Å². The zero-order chi connectivity index (χ0) is 15.1. The highest BCUT2D eigenvalue weighted by molar-refractivity contribution is 5.86. The summed E-state index contributed by atoms with van der Waals surface area (Å²) >= 11 is 0. The van der Waals surface area contributed by atoms with Crippen LogP contribution in [0.2, 0.25) is 0 Å². The van der Waals surface area contributed by atoms with Crippen molar-refractivity contribution in [3.05, 3.63) is 71.8 Å². The van der Waals surface area contributed by atoms with Crippen LogP contribution in [0.3, 0.4) is 0 Å². The molecule has 0 aliphatic carbocycles. The highest BCUT2D eigenvalue weighted by Crippen LogP contribution is 2.24. The van der Waals surface area contributed by atoms with Crippen LogP contribution in [-0.4, -0.2) is 9.97 Å². The second-order valence-corrected chi connectivity index (χ2v) is 5.69. The van der Waals surface area contributed by atoms with Gasteiger partial charge in [0.05, 0.1) is 22.4 Å². The summed E-state index contributed by atoms with van der Waals surface area (Å²) < 4.78 is 0. The zero-order valence-electron chi connectivity index (χ0n) is 12.7. The molecule has 4 rings (SSSR count). The number of rotatable bonds is 1. The lowest BCUT2D eigenvalue weighted by atomic mass is 10.1. The van der Waals surface area contributed by atoms with Crippen molar-refractivity contribution in [2.45, 2.75) is 13.8 Å². The molecule has 0 saturated heterocycles. The number of nitrogens with zero attached hydrogens (tertiary/aromatic N) is 2. The molecule has 0 unspecified atom stereocenters. The van der Waals surface area contributed by atoms with Crippen LogP contribution in [0.5, 0.6) is 0 Å². The average Bonchev–Trinajstić information content (AvgIpc) is 2.55. The van der Waals surface area contributed by atoms with E-state index in [4.69, 9.17) is 9.97 Å².